The summed E-state index contributed by atoms with van der Waals surface area (Å²) in [6, 6.07) is 4.93. The number of amides is 3. The van der Waals surface area contributed by atoms with E-state index in [-0.39, 0.29) is 36.1 Å². The lowest BCUT2D eigenvalue weighted by atomic mass is 10.1. The van der Waals surface area contributed by atoms with E-state index in [4.69, 9.17) is 23.2 Å². The molecule has 1 saturated heterocycles. The molecule has 3 amide bonds. The van der Waals surface area contributed by atoms with Crippen LogP contribution in [0.15, 0.2) is 35.3 Å². The van der Waals surface area contributed by atoms with Gasteiger partial charge in [-0.15, -0.1) is 0 Å². The Hall–Kier alpha value is -1.76. The zero-order chi connectivity index (χ0) is 19.4. The van der Waals surface area contributed by atoms with Crippen molar-refractivity contribution in [3.63, 3.8) is 0 Å². The van der Waals surface area contributed by atoms with Gasteiger partial charge in [0.25, 0.3) is 11.1 Å². The Morgan fingerprint density at radius 2 is 2.15 bits per heavy atom. The zero-order valence-corrected chi connectivity index (χ0v) is 16.7. The standard InChI is InChI=1S/C19H18Cl2N2O3S/c20-14-6-5-13(15(21)11-14)10-16-18(25)23(19(26)27-16)8-7-22-17(24)9-12-3-1-2-4-12/h1,3,5-6,10-12H,2,4,7-9H2,(H,22,24)/b16-10-. The van der Waals surface area contributed by atoms with Crippen LogP contribution in [0.3, 0.4) is 0 Å². The number of carbonyl (C=O) groups excluding carboxylic acids is 3. The molecule has 1 aliphatic carbocycles. The van der Waals surface area contributed by atoms with Crippen LogP contribution in [-0.2, 0) is 9.59 Å². The highest BCUT2D eigenvalue weighted by Gasteiger charge is 2.34. The second-order valence-corrected chi connectivity index (χ2v) is 8.16. The summed E-state index contributed by atoms with van der Waals surface area (Å²) in [5.41, 5.74) is 0.615. The molecule has 1 aliphatic heterocycles. The van der Waals surface area contributed by atoms with Gasteiger partial charge >= 0.3 is 0 Å². The van der Waals surface area contributed by atoms with Gasteiger partial charge in [-0.25, -0.2) is 0 Å². The maximum atomic E-state index is 12.5. The van der Waals surface area contributed by atoms with Crippen molar-refractivity contribution in [2.75, 3.05) is 13.1 Å². The minimum atomic E-state index is -0.385. The summed E-state index contributed by atoms with van der Waals surface area (Å²) >= 11 is 12.8. The van der Waals surface area contributed by atoms with Crippen LogP contribution in [0.2, 0.25) is 10.0 Å². The fraction of sp³-hybridized carbons (Fsp3) is 0.316. The van der Waals surface area contributed by atoms with E-state index in [1.165, 1.54) is 0 Å². The number of rotatable bonds is 6. The number of nitrogens with zero attached hydrogens (tertiary/aromatic N) is 1. The molecule has 0 radical (unpaired) electrons. The van der Waals surface area contributed by atoms with Gasteiger partial charge in [-0.3, -0.25) is 19.3 Å². The third kappa shape index (κ3) is 5.15. The predicted molar refractivity (Wildman–Crippen MR) is 109 cm³/mol. The highest BCUT2D eigenvalue weighted by molar-refractivity contribution is 8.18. The van der Waals surface area contributed by atoms with Gasteiger partial charge in [-0.2, -0.15) is 0 Å². The van der Waals surface area contributed by atoms with E-state index in [0.717, 1.165) is 29.5 Å². The molecule has 1 unspecified atom stereocenters. The van der Waals surface area contributed by atoms with E-state index in [1.54, 1.807) is 24.3 Å². The zero-order valence-electron chi connectivity index (χ0n) is 14.4. The van der Waals surface area contributed by atoms with Crippen LogP contribution in [0.5, 0.6) is 0 Å². The summed E-state index contributed by atoms with van der Waals surface area (Å²) in [5, 5.41) is 3.32. The highest BCUT2D eigenvalue weighted by Crippen LogP contribution is 2.33. The first-order valence-corrected chi connectivity index (χ1v) is 10.1. The molecule has 2 aliphatic rings. The number of thioether (sulfide) groups is 1. The first-order valence-electron chi connectivity index (χ1n) is 8.58. The predicted octanol–water partition coefficient (Wildman–Crippen LogP) is 4.50. The quantitative estimate of drug-likeness (QED) is 0.538. The van der Waals surface area contributed by atoms with Crippen LogP contribution in [0.4, 0.5) is 4.79 Å². The van der Waals surface area contributed by atoms with Crippen molar-refractivity contribution in [3.8, 4) is 0 Å². The Kier molecular flexibility index (Phi) is 6.63. The molecule has 0 aromatic heterocycles. The van der Waals surface area contributed by atoms with Gasteiger partial charge in [0.05, 0.1) is 4.91 Å². The van der Waals surface area contributed by atoms with Crippen molar-refractivity contribution in [1.29, 1.82) is 0 Å². The second-order valence-electron chi connectivity index (χ2n) is 6.32. The lowest BCUT2D eigenvalue weighted by molar-refractivity contribution is -0.124. The molecule has 1 heterocycles. The largest absolute Gasteiger partial charge is 0.354 e. The Bertz CT molecular complexity index is 838. The lowest BCUT2D eigenvalue weighted by Gasteiger charge is -2.14. The van der Waals surface area contributed by atoms with E-state index in [9.17, 15) is 14.4 Å². The molecule has 142 valence electrons. The molecule has 0 spiro atoms. The van der Waals surface area contributed by atoms with Gasteiger partial charge in [0, 0.05) is 29.6 Å². The molecule has 3 rings (SSSR count). The maximum Gasteiger partial charge on any atom is 0.293 e. The molecule has 1 aromatic rings. The highest BCUT2D eigenvalue weighted by atomic mass is 35.5. The van der Waals surface area contributed by atoms with E-state index < -0.39 is 0 Å². The topological polar surface area (TPSA) is 66.5 Å². The fourth-order valence-corrected chi connectivity index (χ4v) is 4.25. The number of allylic oxidation sites excluding steroid dienone is 2. The van der Waals surface area contributed by atoms with Crippen molar-refractivity contribution in [3.05, 3.63) is 50.9 Å². The molecule has 1 N–H and O–H groups in total. The van der Waals surface area contributed by atoms with Crippen LogP contribution >= 0.6 is 35.0 Å². The molecular formula is C19H18Cl2N2O3S. The molecule has 1 aromatic carbocycles. The van der Waals surface area contributed by atoms with Crippen LogP contribution in [0, 0.1) is 5.92 Å². The summed E-state index contributed by atoms with van der Waals surface area (Å²) in [6.45, 7) is 0.380. The third-order valence-corrected chi connectivity index (χ3v) is 5.81. The molecule has 8 heteroatoms. The molecule has 1 fully saturated rings. The summed E-state index contributed by atoms with van der Waals surface area (Å²) < 4.78 is 0. The van der Waals surface area contributed by atoms with E-state index in [0.29, 0.717) is 26.9 Å². The fourth-order valence-electron chi connectivity index (χ4n) is 2.94. The van der Waals surface area contributed by atoms with Gasteiger partial charge < -0.3 is 5.32 Å². The molecule has 0 bridgehead atoms. The van der Waals surface area contributed by atoms with Crippen LogP contribution in [0.25, 0.3) is 6.08 Å². The van der Waals surface area contributed by atoms with Crippen molar-refractivity contribution in [1.82, 2.24) is 10.2 Å². The van der Waals surface area contributed by atoms with Gasteiger partial charge in [-0.05, 0) is 54.3 Å². The lowest BCUT2D eigenvalue weighted by Crippen LogP contribution is -2.37. The van der Waals surface area contributed by atoms with Crippen LogP contribution in [-0.4, -0.2) is 35.0 Å². The van der Waals surface area contributed by atoms with Crippen LogP contribution < -0.4 is 5.32 Å². The maximum absolute atomic E-state index is 12.5. The first kappa shape index (κ1) is 20.0. The summed E-state index contributed by atoms with van der Waals surface area (Å²) in [4.78, 5) is 38.0. The summed E-state index contributed by atoms with van der Waals surface area (Å²) in [5.74, 6) is -0.166. The van der Waals surface area contributed by atoms with Crippen molar-refractivity contribution in [2.45, 2.75) is 19.3 Å². The minimum Gasteiger partial charge on any atom is -0.354 e. The molecule has 1 atom stereocenters. The Balaban J connectivity index is 1.55. The number of carbonyl (C=O) groups is 3. The van der Waals surface area contributed by atoms with Crippen molar-refractivity contribution in [2.24, 2.45) is 5.92 Å². The number of imide groups is 1. The monoisotopic (exact) mass is 424 g/mol. The average molecular weight is 425 g/mol. The Morgan fingerprint density at radius 1 is 1.33 bits per heavy atom. The van der Waals surface area contributed by atoms with Gasteiger partial charge in [-0.1, -0.05) is 41.4 Å². The number of benzene rings is 1. The third-order valence-electron chi connectivity index (χ3n) is 4.34. The Morgan fingerprint density at radius 3 is 2.85 bits per heavy atom. The smallest absolute Gasteiger partial charge is 0.293 e. The first-order chi connectivity index (χ1) is 12.9. The normalized spacial score (nSPS) is 20.7. The van der Waals surface area contributed by atoms with Gasteiger partial charge in [0.1, 0.15) is 0 Å². The van der Waals surface area contributed by atoms with Gasteiger partial charge in [0.15, 0.2) is 0 Å². The number of hydrogen-bond acceptors (Lipinski definition) is 4. The van der Waals surface area contributed by atoms with E-state index in [1.807, 2.05) is 0 Å². The molecule has 5 nitrogen and oxygen atoms in total. The van der Waals surface area contributed by atoms with Crippen molar-refractivity contribution >= 4 is 58.1 Å². The average Bonchev–Trinajstić information content (AvgIpc) is 3.20. The Labute approximate surface area is 171 Å². The summed E-state index contributed by atoms with van der Waals surface area (Å²) in [7, 11) is 0. The SMILES string of the molecule is O=C(CC1C=CCC1)NCCN1C(=O)S/C(=C\c2ccc(Cl)cc2Cl)C1=O. The van der Waals surface area contributed by atoms with E-state index in [2.05, 4.69) is 17.5 Å². The second kappa shape index (κ2) is 8.95. The van der Waals surface area contributed by atoms with Crippen LogP contribution in [0.1, 0.15) is 24.8 Å². The van der Waals surface area contributed by atoms with Gasteiger partial charge in [0.2, 0.25) is 5.91 Å². The van der Waals surface area contributed by atoms with E-state index >= 15 is 0 Å². The molecule has 27 heavy (non-hydrogen) atoms. The number of halogens is 2. The minimum absolute atomic E-state index is 0.0676. The molecule has 0 saturated carbocycles. The van der Waals surface area contributed by atoms with Crippen molar-refractivity contribution < 1.29 is 14.4 Å². The number of nitrogens with one attached hydrogen (secondary N) is 1. The number of hydrogen-bond donors (Lipinski definition) is 1. The summed E-state index contributed by atoms with van der Waals surface area (Å²) in [6.07, 6.45) is 8.16. The molecular weight excluding hydrogens is 407 g/mol.